The van der Waals surface area contributed by atoms with Crippen molar-refractivity contribution >= 4 is 35.0 Å². The first-order valence-electron chi connectivity index (χ1n) is 13.0. The van der Waals surface area contributed by atoms with E-state index in [0.29, 0.717) is 39.6 Å². The van der Waals surface area contributed by atoms with Gasteiger partial charge in [-0.3, -0.25) is 14.4 Å². The largest absolute Gasteiger partial charge is 0.392 e. The third kappa shape index (κ3) is 5.69. The second kappa shape index (κ2) is 12.1. The number of nitrogens with one attached hydrogen (secondary N) is 1. The minimum absolute atomic E-state index is 0.0570. The van der Waals surface area contributed by atoms with Crippen molar-refractivity contribution in [2.75, 3.05) is 0 Å². The highest BCUT2D eigenvalue weighted by atomic mass is 35.5. The summed E-state index contributed by atoms with van der Waals surface area (Å²) in [5.41, 5.74) is 5.73. The molecule has 1 saturated carbocycles. The number of carbonyl (C=O) groups is 2. The van der Waals surface area contributed by atoms with Gasteiger partial charge >= 0.3 is 0 Å². The summed E-state index contributed by atoms with van der Waals surface area (Å²) in [5, 5.41) is 21.0. The molecule has 3 aromatic carbocycles. The molecule has 39 heavy (non-hydrogen) atoms. The second-order valence-corrected chi connectivity index (χ2v) is 10.9. The molecule has 2 amide bonds. The van der Waals surface area contributed by atoms with Crippen LogP contribution in [0.5, 0.6) is 0 Å². The summed E-state index contributed by atoms with van der Waals surface area (Å²) in [6.07, 6.45) is 2.21. The topological polar surface area (TPSA) is 99.1 Å². The number of amides is 2. The fourth-order valence-electron chi connectivity index (χ4n) is 5.68. The summed E-state index contributed by atoms with van der Waals surface area (Å²) in [5.74, 6) is -1.54. The van der Waals surface area contributed by atoms with Crippen molar-refractivity contribution in [3.63, 3.8) is 0 Å². The number of nitrogens with zero attached hydrogens (tertiary/aromatic N) is 1. The van der Waals surface area contributed by atoms with Gasteiger partial charge in [0, 0.05) is 15.6 Å². The van der Waals surface area contributed by atoms with Gasteiger partial charge in [-0.15, -0.1) is 0 Å². The molecule has 9 heteroatoms. The molecular weight excluding hydrogens is 539 g/mol. The Balaban J connectivity index is 1.53. The van der Waals surface area contributed by atoms with Crippen molar-refractivity contribution in [3.05, 3.63) is 105 Å². The van der Waals surface area contributed by atoms with Crippen LogP contribution in [0, 0.1) is 0 Å². The lowest BCUT2D eigenvalue weighted by atomic mass is 9.77. The van der Waals surface area contributed by atoms with Crippen molar-refractivity contribution in [2.24, 2.45) is 0 Å². The lowest BCUT2D eigenvalue weighted by Gasteiger charge is -2.48. The molecule has 1 heterocycles. The highest BCUT2D eigenvalue weighted by molar-refractivity contribution is 6.35. The molecule has 1 fully saturated rings. The van der Waals surface area contributed by atoms with Crippen LogP contribution in [0.2, 0.25) is 10.0 Å². The van der Waals surface area contributed by atoms with Crippen LogP contribution in [-0.2, 0) is 22.8 Å². The molecule has 0 unspecified atom stereocenters. The van der Waals surface area contributed by atoms with Crippen molar-refractivity contribution in [3.8, 4) is 0 Å². The molecule has 7 nitrogen and oxygen atoms in total. The zero-order valence-corrected chi connectivity index (χ0v) is 22.7. The highest BCUT2D eigenvalue weighted by Crippen LogP contribution is 2.47. The van der Waals surface area contributed by atoms with E-state index in [1.807, 2.05) is 12.1 Å². The standard InChI is InChI=1S/C30H30Cl2N2O5/c31-20-13-14-23(24(32)15-20)28-27(29(37)33-39-17-19-11-9-18(16-35)10-12-19)21-5-1-2-6-22(21)30(38)34(28)25-7-3-4-8-26(25)36/h1-2,5-6,9-15,25-28,35-36H,3-4,7-8,16-17H2,(H,33,37)/t25-,26-,27+,28-/m0/s1. The molecule has 0 saturated heterocycles. The number of halogens is 2. The number of aliphatic hydroxyl groups is 2. The molecule has 3 N–H and O–H groups in total. The number of hydroxylamine groups is 1. The maximum Gasteiger partial charge on any atom is 0.255 e. The summed E-state index contributed by atoms with van der Waals surface area (Å²) < 4.78 is 0. The third-order valence-electron chi connectivity index (χ3n) is 7.61. The predicted octanol–water partition coefficient (Wildman–Crippen LogP) is 5.32. The van der Waals surface area contributed by atoms with Crippen LogP contribution in [0.1, 0.15) is 70.3 Å². The average Bonchev–Trinajstić information content (AvgIpc) is 2.94. The van der Waals surface area contributed by atoms with E-state index in [9.17, 15) is 19.8 Å². The van der Waals surface area contributed by atoms with Gasteiger partial charge in [0.05, 0.1) is 37.3 Å². The van der Waals surface area contributed by atoms with Crippen LogP contribution in [0.15, 0.2) is 66.7 Å². The summed E-state index contributed by atoms with van der Waals surface area (Å²) in [6.45, 7) is 0.0562. The molecule has 0 bridgehead atoms. The number of hydrogen-bond acceptors (Lipinski definition) is 5. The smallest absolute Gasteiger partial charge is 0.255 e. The van der Waals surface area contributed by atoms with Gasteiger partial charge in [0.2, 0.25) is 0 Å². The summed E-state index contributed by atoms with van der Waals surface area (Å²) in [6, 6.07) is 18.0. The Bertz CT molecular complexity index is 1350. The molecule has 1 aliphatic heterocycles. The van der Waals surface area contributed by atoms with Crippen molar-refractivity contribution in [1.29, 1.82) is 0 Å². The van der Waals surface area contributed by atoms with E-state index in [1.54, 1.807) is 59.5 Å². The lowest BCUT2D eigenvalue weighted by Crippen LogP contribution is -2.55. The maximum atomic E-state index is 14.0. The maximum absolute atomic E-state index is 14.0. The highest BCUT2D eigenvalue weighted by Gasteiger charge is 2.49. The first kappa shape index (κ1) is 27.6. The SMILES string of the molecule is O=C(NOCc1ccc(CO)cc1)[C@@H]1c2ccccc2C(=O)N([C@H]2CCCC[C@@H]2O)[C@H]1c1ccc(Cl)cc1Cl. The normalized spacial score (nSPS) is 22.9. The Morgan fingerprint density at radius 1 is 0.974 bits per heavy atom. The van der Waals surface area contributed by atoms with Crippen LogP contribution in [0.4, 0.5) is 0 Å². The average molecular weight is 569 g/mol. The molecule has 5 rings (SSSR count). The van der Waals surface area contributed by atoms with E-state index < -0.39 is 30.0 Å². The van der Waals surface area contributed by atoms with Crippen molar-refractivity contribution in [2.45, 2.75) is 63.0 Å². The van der Waals surface area contributed by atoms with E-state index in [2.05, 4.69) is 5.48 Å². The monoisotopic (exact) mass is 568 g/mol. The van der Waals surface area contributed by atoms with Crippen molar-refractivity contribution < 1.29 is 24.6 Å². The Labute approximate surface area is 237 Å². The Morgan fingerprint density at radius 2 is 1.69 bits per heavy atom. The molecule has 204 valence electrons. The van der Waals surface area contributed by atoms with Gasteiger partial charge in [0.25, 0.3) is 11.8 Å². The van der Waals surface area contributed by atoms with Crippen LogP contribution in [0.3, 0.4) is 0 Å². The number of benzene rings is 3. The first-order valence-corrected chi connectivity index (χ1v) is 13.8. The van der Waals surface area contributed by atoms with E-state index in [0.717, 1.165) is 24.0 Å². The molecule has 2 aliphatic rings. The van der Waals surface area contributed by atoms with E-state index in [1.165, 1.54) is 0 Å². The second-order valence-electron chi connectivity index (χ2n) is 10.0. The van der Waals surface area contributed by atoms with Gasteiger partial charge < -0.3 is 15.1 Å². The van der Waals surface area contributed by atoms with E-state index >= 15 is 0 Å². The first-order chi connectivity index (χ1) is 18.9. The van der Waals surface area contributed by atoms with E-state index in [4.69, 9.17) is 28.0 Å². The quantitative estimate of drug-likeness (QED) is 0.335. The molecule has 0 radical (unpaired) electrons. The molecule has 0 aromatic heterocycles. The molecule has 3 aromatic rings. The Kier molecular flexibility index (Phi) is 8.54. The van der Waals surface area contributed by atoms with Crippen molar-refractivity contribution in [1.82, 2.24) is 10.4 Å². The summed E-state index contributed by atoms with van der Waals surface area (Å²) in [7, 11) is 0. The number of aliphatic hydroxyl groups excluding tert-OH is 2. The molecule has 0 spiro atoms. The van der Waals surface area contributed by atoms with Gasteiger partial charge in [0.15, 0.2) is 0 Å². The Morgan fingerprint density at radius 3 is 2.41 bits per heavy atom. The van der Waals surface area contributed by atoms with Crippen LogP contribution in [0.25, 0.3) is 0 Å². The number of carbonyl (C=O) groups excluding carboxylic acids is 2. The number of fused-ring (bicyclic) bond motifs is 1. The summed E-state index contributed by atoms with van der Waals surface area (Å²) in [4.78, 5) is 35.2. The Hall–Kier alpha value is -2.94. The van der Waals surface area contributed by atoms with Gasteiger partial charge in [0.1, 0.15) is 0 Å². The van der Waals surface area contributed by atoms with Gasteiger partial charge in [-0.05, 0) is 53.3 Å². The number of rotatable bonds is 7. The predicted molar refractivity (Wildman–Crippen MR) is 148 cm³/mol. The molecular formula is C30H30Cl2N2O5. The van der Waals surface area contributed by atoms with Crippen LogP contribution >= 0.6 is 23.2 Å². The third-order valence-corrected chi connectivity index (χ3v) is 8.17. The van der Waals surface area contributed by atoms with Gasteiger partial charge in [-0.25, -0.2) is 5.48 Å². The summed E-state index contributed by atoms with van der Waals surface area (Å²) >= 11 is 12.9. The molecule has 1 aliphatic carbocycles. The fraction of sp³-hybridized carbons (Fsp3) is 0.333. The lowest BCUT2D eigenvalue weighted by molar-refractivity contribution is -0.138. The van der Waals surface area contributed by atoms with Gasteiger partial charge in [-0.2, -0.15) is 0 Å². The minimum atomic E-state index is -0.858. The zero-order valence-electron chi connectivity index (χ0n) is 21.2. The zero-order chi connectivity index (χ0) is 27.5. The van der Waals surface area contributed by atoms with Crippen LogP contribution in [-0.4, -0.2) is 39.1 Å². The minimum Gasteiger partial charge on any atom is -0.392 e. The van der Waals surface area contributed by atoms with Gasteiger partial charge in [-0.1, -0.05) is 84.6 Å². The fourth-order valence-corrected chi connectivity index (χ4v) is 6.20. The van der Waals surface area contributed by atoms with Crippen LogP contribution < -0.4 is 5.48 Å². The van der Waals surface area contributed by atoms with E-state index in [-0.39, 0.29) is 19.1 Å². The molecule has 4 atom stereocenters. The number of hydrogen-bond donors (Lipinski definition) is 3.